The Hall–Kier alpha value is -1.77. The third kappa shape index (κ3) is 2.98. The lowest BCUT2D eigenvalue weighted by molar-refractivity contribution is -0.385. The van der Waals surface area contributed by atoms with E-state index in [1.165, 1.54) is 12.1 Å². The van der Waals surface area contributed by atoms with E-state index in [-0.39, 0.29) is 10.6 Å². The van der Waals surface area contributed by atoms with Crippen LogP contribution in [0.3, 0.4) is 0 Å². The van der Waals surface area contributed by atoms with Crippen molar-refractivity contribution in [2.75, 3.05) is 13.2 Å². The van der Waals surface area contributed by atoms with Gasteiger partial charge in [0, 0.05) is 6.07 Å². The fourth-order valence-electron chi connectivity index (χ4n) is 1.88. The van der Waals surface area contributed by atoms with Crippen LogP contribution in [0.25, 0.3) is 5.57 Å². The summed E-state index contributed by atoms with van der Waals surface area (Å²) in [5, 5.41) is 16.0. The first-order chi connectivity index (χ1) is 8.89. The minimum absolute atomic E-state index is 0.264. The van der Waals surface area contributed by atoms with Gasteiger partial charge in [0.15, 0.2) is 0 Å². The van der Waals surface area contributed by atoms with E-state index in [1.54, 1.807) is 6.08 Å². The summed E-state index contributed by atoms with van der Waals surface area (Å²) in [6.07, 6.45) is 2.30. The van der Waals surface area contributed by atoms with Crippen LogP contribution < -0.4 is 5.14 Å². The molecule has 0 spiro atoms. The van der Waals surface area contributed by atoms with Crippen LogP contribution in [-0.2, 0) is 14.8 Å². The van der Waals surface area contributed by atoms with Gasteiger partial charge in [-0.15, -0.1) is 0 Å². The zero-order valence-electron chi connectivity index (χ0n) is 9.90. The molecule has 0 fully saturated rings. The number of hydrogen-bond donors (Lipinski definition) is 1. The van der Waals surface area contributed by atoms with Gasteiger partial charge in [-0.2, -0.15) is 0 Å². The maximum Gasteiger partial charge on any atom is 0.278 e. The summed E-state index contributed by atoms with van der Waals surface area (Å²) in [5.41, 5.74) is 0.916. The van der Waals surface area contributed by atoms with E-state index in [0.717, 1.165) is 11.6 Å². The SMILES string of the molecule is NS(=O)(=O)c1ccc(C2=CCOCC2)c([N+](=O)[O-])c1. The fourth-order valence-corrected chi connectivity index (χ4v) is 2.42. The molecular formula is C11H12N2O5S. The number of sulfonamides is 1. The lowest BCUT2D eigenvalue weighted by atomic mass is 10.00. The van der Waals surface area contributed by atoms with Crippen molar-refractivity contribution in [3.63, 3.8) is 0 Å². The predicted molar refractivity (Wildman–Crippen MR) is 67.9 cm³/mol. The van der Waals surface area contributed by atoms with Crippen molar-refractivity contribution in [1.29, 1.82) is 0 Å². The second-order valence-electron chi connectivity index (χ2n) is 4.04. The molecular weight excluding hydrogens is 272 g/mol. The Balaban J connectivity index is 2.56. The minimum atomic E-state index is -3.95. The summed E-state index contributed by atoms with van der Waals surface area (Å²) >= 11 is 0. The number of hydrogen-bond acceptors (Lipinski definition) is 5. The highest BCUT2D eigenvalue weighted by Crippen LogP contribution is 2.31. The Morgan fingerprint density at radius 1 is 1.37 bits per heavy atom. The number of benzene rings is 1. The lowest BCUT2D eigenvalue weighted by Gasteiger charge is -2.14. The number of nitro groups is 1. The number of ether oxygens (including phenoxy) is 1. The molecule has 0 aromatic heterocycles. The molecule has 8 heteroatoms. The first-order valence-corrected chi connectivity index (χ1v) is 7.02. The summed E-state index contributed by atoms with van der Waals surface area (Å²) in [7, 11) is -3.95. The van der Waals surface area contributed by atoms with Gasteiger partial charge < -0.3 is 4.74 Å². The van der Waals surface area contributed by atoms with Crippen molar-refractivity contribution in [1.82, 2.24) is 0 Å². The van der Waals surface area contributed by atoms with Gasteiger partial charge in [-0.25, -0.2) is 13.6 Å². The summed E-state index contributed by atoms with van der Waals surface area (Å²) in [4.78, 5) is 10.2. The van der Waals surface area contributed by atoms with Crippen molar-refractivity contribution in [3.05, 3.63) is 40.0 Å². The number of nitrogens with two attached hydrogens (primary N) is 1. The monoisotopic (exact) mass is 284 g/mol. The highest BCUT2D eigenvalue weighted by atomic mass is 32.2. The first kappa shape index (κ1) is 13.7. The number of rotatable bonds is 3. The average Bonchev–Trinajstić information content (AvgIpc) is 2.38. The van der Waals surface area contributed by atoms with Crippen LogP contribution in [0, 0.1) is 10.1 Å². The zero-order valence-corrected chi connectivity index (χ0v) is 10.7. The van der Waals surface area contributed by atoms with E-state index < -0.39 is 14.9 Å². The van der Waals surface area contributed by atoms with Gasteiger partial charge in [0.2, 0.25) is 10.0 Å². The van der Waals surface area contributed by atoms with Crippen molar-refractivity contribution in [2.24, 2.45) is 5.14 Å². The average molecular weight is 284 g/mol. The van der Waals surface area contributed by atoms with E-state index in [1.807, 2.05) is 0 Å². The molecule has 1 aliphatic rings. The molecule has 0 radical (unpaired) electrons. The molecule has 0 atom stereocenters. The largest absolute Gasteiger partial charge is 0.377 e. The topological polar surface area (TPSA) is 113 Å². The molecule has 1 heterocycles. The first-order valence-electron chi connectivity index (χ1n) is 5.48. The number of primary sulfonamides is 1. The van der Waals surface area contributed by atoms with Crippen LogP contribution in [0.5, 0.6) is 0 Å². The predicted octanol–water partition coefficient (Wildman–Crippen LogP) is 1.05. The van der Waals surface area contributed by atoms with Crippen LogP contribution in [0.4, 0.5) is 5.69 Å². The molecule has 2 N–H and O–H groups in total. The molecule has 0 bridgehead atoms. The van der Waals surface area contributed by atoms with Crippen LogP contribution >= 0.6 is 0 Å². The third-order valence-electron chi connectivity index (χ3n) is 2.80. The zero-order chi connectivity index (χ0) is 14.0. The second-order valence-corrected chi connectivity index (χ2v) is 5.60. The summed E-state index contributed by atoms with van der Waals surface area (Å²) in [6.45, 7) is 0.878. The van der Waals surface area contributed by atoms with Gasteiger partial charge in [0.05, 0.1) is 28.6 Å². The normalized spacial score (nSPS) is 15.9. The smallest absolute Gasteiger partial charge is 0.278 e. The van der Waals surface area contributed by atoms with Crippen LogP contribution in [0.2, 0.25) is 0 Å². The van der Waals surface area contributed by atoms with Gasteiger partial charge in [-0.1, -0.05) is 6.08 Å². The van der Waals surface area contributed by atoms with Crippen LogP contribution in [0.1, 0.15) is 12.0 Å². The Morgan fingerprint density at radius 3 is 2.63 bits per heavy atom. The molecule has 1 aromatic rings. The molecule has 1 aliphatic heterocycles. The highest BCUT2D eigenvalue weighted by molar-refractivity contribution is 7.89. The van der Waals surface area contributed by atoms with Crippen molar-refractivity contribution < 1.29 is 18.1 Å². The van der Waals surface area contributed by atoms with E-state index in [0.29, 0.717) is 25.2 Å². The molecule has 19 heavy (non-hydrogen) atoms. The van der Waals surface area contributed by atoms with Crippen molar-refractivity contribution in [2.45, 2.75) is 11.3 Å². The molecule has 0 saturated carbocycles. The Morgan fingerprint density at radius 2 is 2.11 bits per heavy atom. The standard InChI is InChI=1S/C11H12N2O5S/c12-19(16,17)9-1-2-10(11(7-9)13(14)15)8-3-5-18-6-4-8/h1-3,7H,4-6H2,(H2,12,16,17). The molecule has 0 aliphatic carbocycles. The van der Waals surface area contributed by atoms with Gasteiger partial charge in [0.1, 0.15) is 0 Å². The molecule has 1 aromatic carbocycles. The van der Waals surface area contributed by atoms with E-state index in [4.69, 9.17) is 9.88 Å². The minimum Gasteiger partial charge on any atom is -0.377 e. The number of nitro benzene ring substituents is 1. The Kier molecular flexibility index (Phi) is 3.65. The Labute approximate surface area is 109 Å². The molecule has 0 saturated heterocycles. The third-order valence-corrected chi connectivity index (χ3v) is 3.71. The second kappa shape index (κ2) is 5.08. The maximum absolute atomic E-state index is 11.2. The van der Waals surface area contributed by atoms with E-state index in [2.05, 4.69) is 0 Å². The van der Waals surface area contributed by atoms with Gasteiger partial charge in [-0.3, -0.25) is 10.1 Å². The van der Waals surface area contributed by atoms with Crippen molar-refractivity contribution >= 4 is 21.3 Å². The van der Waals surface area contributed by atoms with Gasteiger partial charge in [0.25, 0.3) is 5.69 Å². The molecule has 0 unspecified atom stereocenters. The molecule has 0 amide bonds. The maximum atomic E-state index is 11.2. The molecule has 7 nitrogen and oxygen atoms in total. The lowest BCUT2D eigenvalue weighted by Crippen LogP contribution is -2.13. The highest BCUT2D eigenvalue weighted by Gasteiger charge is 2.21. The van der Waals surface area contributed by atoms with E-state index in [9.17, 15) is 18.5 Å². The quantitative estimate of drug-likeness (QED) is 0.658. The summed E-state index contributed by atoms with van der Waals surface area (Å²) in [6, 6.07) is 3.67. The molecule has 102 valence electrons. The van der Waals surface area contributed by atoms with Gasteiger partial charge >= 0.3 is 0 Å². The Bertz CT molecular complexity index is 651. The molecule has 2 rings (SSSR count). The summed E-state index contributed by atoms with van der Waals surface area (Å²) in [5.74, 6) is 0. The van der Waals surface area contributed by atoms with Crippen LogP contribution in [-0.4, -0.2) is 26.6 Å². The fraction of sp³-hybridized carbons (Fsp3) is 0.273. The van der Waals surface area contributed by atoms with E-state index >= 15 is 0 Å². The van der Waals surface area contributed by atoms with Gasteiger partial charge in [-0.05, 0) is 24.1 Å². The van der Waals surface area contributed by atoms with Crippen LogP contribution in [0.15, 0.2) is 29.2 Å². The van der Waals surface area contributed by atoms with Crippen molar-refractivity contribution in [3.8, 4) is 0 Å². The number of nitrogens with zero attached hydrogens (tertiary/aromatic N) is 1. The summed E-state index contributed by atoms with van der Waals surface area (Å²) < 4.78 is 27.6.